The molecule has 3 aliphatic rings. The van der Waals surface area contributed by atoms with Gasteiger partial charge in [0.05, 0.1) is 17.3 Å². The van der Waals surface area contributed by atoms with Crippen LogP contribution in [0.2, 0.25) is 0 Å². The number of phenols is 1. The number of Topliss-reactive ketones (excluding diaryl/α,β-unsaturated/α-hetero) is 2. The molecular weight excluding hydrogens is 544 g/mol. The van der Waals surface area contributed by atoms with Crippen LogP contribution in [0.1, 0.15) is 56.4 Å². The fourth-order valence-corrected chi connectivity index (χ4v) is 6.58. The average molecular weight is 585 g/mol. The maximum Gasteiger partial charge on any atom is 0.255 e. The molecule has 1 aromatic rings. The summed E-state index contributed by atoms with van der Waals surface area (Å²) in [5.74, 6) is -6.88. The number of carbonyl (C=O) groups excluding carboxylic acids is 3. The molecule has 1 fully saturated rings. The largest absolute Gasteiger partial charge is 0.508 e. The predicted molar refractivity (Wildman–Crippen MR) is 155 cm³/mol. The van der Waals surface area contributed by atoms with Crippen molar-refractivity contribution in [1.82, 2.24) is 10.2 Å². The topological polar surface area (TPSA) is 195 Å². The molecule has 0 aromatic heterocycles. The Morgan fingerprint density at radius 3 is 2.43 bits per heavy atom. The normalized spacial score (nSPS) is 26.3. The van der Waals surface area contributed by atoms with Gasteiger partial charge in [-0.15, -0.1) is 0 Å². The van der Waals surface area contributed by atoms with Gasteiger partial charge in [0.2, 0.25) is 5.78 Å². The quantitative estimate of drug-likeness (QED) is 0.155. The zero-order valence-corrected chi connectivity index (χ0v) is 25.0. The molecule has 12 nitrogen and oxygen atoms in total. The molecule has 12 heteroatoms. The molecule has 3 aliphatic carbocycles. The molecule has 1 aromatic carbocycles. The minimum absolute atomic E-state index is 0.00131. The molecule has 0 unspecified atom stereocenters. The number of aromatic hydroxyl groups is 1. The zero-order valence-electron chi connectivity index (χ0n) is 25.0. The van der Waals surface area contributed by atoms with E-state index in [4.69, 9.17) is 10.6 Å². The van der Waals surface area contributed by atoms with Crippen LogP contribution in [0.4, 0.5) is 0 Å². The van der Waals surface area contributed by atoms with E-state index >= 15 is 0 Å². The van der Waals surface area contributed by atoms with E-state index in [0.29, 0.717) is 28.9 Å². The van der Waals surface area contributed by atoms with Gasteiger partial charge in [0.1, 0.15) is 30.0 Å². The number of hydrogen-bond acceptors (Lipinski definition) is 11. The molecule has 1 amide bonds. The number of amides is 1. The van der Waals surface area contributed by atoms with Crippen molar-refractivity contribution in [1.29, 1.82) is 0 Å². The lowest BCUT2D eigenvalue weighted by Crippen LogP contribution is -2.65. The summed E-state index contributed by atoms with van der Waals surface area (Å²) < 4.78 is 0. The number of oxime groups is 1. The van der Waals surface area contributed by atoms with Crippen molar-refractivity contribution in [2.45, 2.75) is 58.7 Å². The number of fused-ring (bicyclic) bond motifs is 3. The van der Waals surface area contributed by atoms with Crippen LogP contribution in [0.25, 0.3) is 5.76 Å². The van der Waals surface area contributed by atoms with E-state index in [0.717, 1.165) is 0 Å². The van der Waals surface area contributed by atoms with Gasteiger partial charge in [-0.1, -0.05) is 25.9 Å². The second-order valence-electron chi connectivity index (χ2n) is 12.8. The van der Waals surface area contributed by atoms with E-state index in [-0.39, 0.29) is 41.7 Å². The fourth-order valence-electron chi connectivity index (χ4n) is 6.58. The fraction of sp³-hybridized carbons (Fsp3) is 0.533. The smallest absolute Gasteiger partial charge is 0.255 e. The number of aliphatic hydroxyl groups excluding tert-OH is 2. The van der Waals surface area contributed by atoms with Crippen molar-refractivity contribution >= 4 is 28.9 Å². The van der Waals surface area contributed by atoms with Crippen molar-refractivity contribution < 1.29 is 39.6 Å². The van der Waals surface area contributed by atoms with E-state index in [1.165, 1.54) is 12.0 Å². The van der Waals surface area contributed by atoms with E-state index in [1.807, 2.05) is 0 Å². The van der Waals surface area contributed by atoms with Crippen molar-refractivity contribution in [3.8, 4) is 5.75 Å². The van der Waals surface area contributed by atoms with E-state index in [9.17, 15) is 34.8 Å². The second kappa shape index (κ2) is 10.8. The van der Waals surface area contributed by atoms with Crippen molar-refractivity contribution in [2.24, 2.45) is 28.1 Å². The molecule has 1 saturated carbocycles. The number of nitrogens with one attached hydrogen (secondary N) is 1. The van der Waals surface area contributed by atoms with Gasteiger partial charge < -0.3 is 36.3 Å². The Hall–Kier alpha value is -3.74. The minimum Gasteiger partial charge on any atom is -0.508 e. The number of rotatable bonds is 7. The summed E-state index contributed by atoms with van der Waals surface area (Å²) in [6, 6.07) is 0.616. The number of likely N-dealkylation sites (N-methyl/N-ethyl adjacent to an activating group) is 1. The minimum atomic E-state index is -2.69. The molecule has 0 aliphatic heterocycles. The molecule has 42 heavy (non-hydrogen) atoms. The Morgan fingerprint density at radius 1 is 1.24 bits per heavy atom. The third-order valence-electron chi connectivity index (χ3n) is 8.39. The van der Waals surface area contributed by atoms with Crippen LogP contribution in [-0.4, -0.2) is 87.9 Å². The standard InChI is InChI=1S/C30H40N4O8/c1-13(33-42-7)16-9-15(11-32-12-29(2,3)4)23(35)20-17(16)8-14-10-18-22(34(5)6)25(37)21(28(31)40)27(39)30(18,41)26(38)19(14)24(20)36/h9,14,18,22,32,35-36,39,41H,8,10-12H2,1-7H3,(H2,31,40)/b33-13+/t14-,18-,22-,30-/m0/s1. The van der Waals surface area contributed by atoms with Gasteiger partial charge in [-0.25, -0.2) is 0 Å². The first kappa shape index (κ1) is 31.2. The van der Waals surface area contributed by atoms with Crippen LogP contribution in [-0.2, 0) is 32.2 Å². The second-order valence-corrected chi connectivity index (χ2v) is 12.8. The molecule has 0 spiro atoms. The van der Waals surface area contributed by atoms with Gasteiger partial charge in [-0.3, -0.25) is 19.3 Å². The van der Waals surface area contributed by atoms with Crippen molar-refractivity contribution in [3.05, 3.63) is 45.2 Å². The lowest BCUT2D eigenvalue weighted by Gasteiger charge is -2.50. The predicted octanol–water partition coefficient (Wildman–Crippen LogP) is 1.47. The number of hydrogen-bond donors (Lipinski definition) is 6. The third-order valence-corrected chi connectivity index (χ3v) is 8.39. The number of carbonyl (C=O) groups is 3. The average Bonchev–Trinajstić information content (AvgIpc) is 2.86. The highest BCUT2D eigenvalue weighted by Gasteiger charge is 2.64. The summed E-state index contributed by atoms with van der Waals surface area (Å²) >= 11 is 0. The molecule has 0 saturated heterocycles. The summed E-state index contributed by atoms with van der Waals surface area (Å²) in [6.45, 7) is 8.77. The lowest BCUT2D eigenvalue weighted by atomic mass is 9.57. The highest BCUT2D eigenvalue weighted by molar-refractivity contribution is 6.24. The molecule has 4 atom stereocenters. The van der Waals surface area contributed by atoms with Gasteiger partial charge in [-0.05, 0) is 56.8 Å². The number of aliphatic hydroxyl groups is 3. The number of nitrogens with two attached hydrogens (primary N) is 1. The Balaban J connectivity index is 1.95. The maximum atomic E-state index is 14.1. The highest BCUT2D eigenvalue weighted by atomic mass is 16.6. The Labute approximate surface area is 244 Å². The summed E-state index contributed by atoms with van der Waals surface area (Å²) in [5.41, 5.74) is 3.67. The van der Waals surface area contributed by atoms with Crippen molar-refractivity contribution in [3.63, 3.8) is 0 Å². The Bertz CT molecular complexity index is 1450. The summed E-state index contributed by atoms with van der Waals surface area (Å²) in [6.07, 6.45) is 0.158. The molecule has 7 N–H and O–H groups in total. The Kier molecular flexibility index (Phi) is 8.04. The first-order valence-corrected chi connectivity index (χ1v) is 13.8. The molecular formula is C30H40N4O8. The van der Waals surface area contributed by atoms with Crippen LogP contribution in [0, 0.1) is 17.3 Å². The van der Waals surface area contributed by atoms with Crippen molar-refractivity contribution in [2.75, 3.05) is 27.7 Å². The van der Waals surface area contributed by atoms with E-state index < -0.39 is 58.0 Å². The zero-order chi connectivity index (χ0) is 31.5. The van der Waals surface area contributed by atoms with Gasteiger partial charge in [0.25, 0.3) is 5.91 Å². The summed E-state index contributed by atoms with van der Waals surface area (Å²) in [7, 11) is 4.52. The number of phenolic OH excluding ortho intramolecular Hbond substituents is 1. The highest BCUT2D eigenvalue weighted by Crippen LogP contribution is 2.53. The number of ketones is 2. The van der Waals surface area contributed by atoms with Gasteiger partial charge >= 0.3 is 0 Å². The van der Waals surface area contributed by atoms with Gasteiger partial charge in [0.15, 0.2) is 11.4 Å². The van der Waals surface area contributed by atoms with E-state index in [2.05, 4.69) is 31.2 Å². The number of primary amides is 1. The van der Waals surface area contributed by atoms with Gasteiger partial charge in [0, 0.05) is 35.7 Å². The van der Waals surface area contributed by atoms with Crippen LogP contribution >= 0.6 is 0 Å². The van der Waals surface area contributed by atoms with Crippen LogP contribution in [0.5, 0.6) is 5.75 Å². The molecule has 0 radical (unpaired) electrons. The summed E-state index contributed by atoms with van der Waals surface area (Å²) in [5, 5.41) is 53.3. The molecule has 4 rings (SSSR count). The third kappa shape index (κ3) is 4.87. The van der Waals surface area contributed by atoms with Gasteiger partial charge in [-0.2, -0.15) is 0 Å². The van der Waals surface area contributed by atoms with E-state index in [1.54, 1.807) is 27.1 Å². The van der Waals surface area contributed by atoms with Crippen LogP contribution in [0.3, 0.4) is 0 Å². The SMILES string of the molecule is CO/N=C(\C)c1cc(CNCC(C)(C)C)c(O)c2c1C[C@H]1C[C@H]3[C@H](N(C)C)C(=O)C(C(N)=O)=C(O)[C@@]3(O)C(=O)C1=C2O. The molecule has 0 bridgehead atoms. The molecule has 228 valence electrons. The Morgan fingerprint density at radius 2 is 1.88 bits per heavy atom. The monoisotopic (exact) mass is 584 g/mol. The van der Waals surface area contributed by atoms with Crippen LogP contribution < -0.4 is 11.1 Å². The number of benzene rings is 1. The summed E-state index contributed by atoms with van der Waals surface area (Å²) in [4.78, 5) is 46.0. The van der Waals surface area contributed by atoms with Crippen LogP contribution in [0.15, 0.2) is 28.1 Å². The number of nitrogens with zero attached hydrogens (tertiary/aromatic N) is 2. The molecule has 0 heterocycles. The maximum absolute atomic E-state index is 14.1. The lowest BCUT2D eigenvalue weighted by molar-refractivity contribution is -0.153. The first-order chi connectivity index (χ1) is 19.5. The first-order valence-electron chi connectivity index (χ1n) is 13.8.